The van der Waals surface area contributed by atoms with E-state index in [2.05, 4.69) is 21.3 Å². The summed E-state index contributed by atoms with van der Waals surface area (Å²) in [6.45, 7) is 0. The van der Waals surface area contributed by atoms with Crippen molar-refractivity contribution in [3.8, 4) is 23.3 Å². The summed E-state index contributed by atoms with van der Waals surface area (Å²) < 4.78 is 6.99. The summed E-state index contributed by atoms with van der Waals surface area (Å²) >= 11 is 4.81. The van der Waals surface area contributed by atoms with Gasteiger partial charge in [-0.05, 0) is 36.5 Å². The molecular weight excluding hydrogens is 262 g/mol. The third-order valence-corrected chi connectivity index (χ3v) is 2.71. The molecule has 0 bridgehead atoms. The number of aromatic amines is 1. The molecule has 2 heterocycles. The topological polar surface area (TPSA) is 83.4 Å². The standard InChI is InChI=1S/C12H7N5OS/c13-5-8-1-3-9(4-2-8)17-6-10(14-7-17)11-15-16-12(19)18-11/h1-4,6-7H,(H,16,19). The van der Waals surface area contributed by atoms with Crippen LogP contribution in [-0.2, 0) is 0 Å². The second-order valence-corrected chi connectivity index (χ2v) is 4.11. The molecule has 92 valence electrons. The number of benzene rings is 1. The normalized spacial score (nSPS) is 10.3. The van der Waals surface area contributed by atoms with Gasteiger partial charge in [0.25, 0.3) is 10.7 Å². The number of hydrogen-bond donors (Lipinski definition) is 1. The van der Waals surface area contributed by atoms with Gasteiger partial charge in [-0.2, -0.15) is 5.26 Å². The Morgan fingerprint density at radius 2 is 2.11 bits per heavy atom. The fraction of sp³-hybridized carbons (Fsp3) is 0. The molecule has 3 rings (SSSR count). The number of hydrogen-bond acceptors (Lipinski definition) is 5. The van der Waals surface area contributed by atoms with Crippen LogP contribution in [0.3, 0.4) is 0 Å². The molecule has 0 fully saturated rings. The SMILES string of the molecule is N#Cc1ccc(-n2cnc(-c3n[nH]c(=S)o3)c2)cc1. The van der Waals surface area contributed by atoms with Gasteiger partial charge in [0.05, 0.1) is 11.6 Å². The maximum atomic E-state index is 8.75. The Kier molecular flexibility index (Phi) is 2.70. The van der Waals surface area contributed by atoms with Crippen LogP contribution in [0.1, 0.15) is 5.56 Å². The van der Waals surface area contributed by atoms with E-state index < -0.39 is 0 Å². The number of aromatic nitrogens is 4. The molecule has 19 heavy (non-hydrogen) atoms. The molecule has 0 atom stereocenters. The summed E-state index contributed by atoms with van der Waals surface area (Å²) in [7, 11) is 0. The van der Waals surface area contributed by atoms with Crippen LogP contribution in [0.2, 0.25) is 0 Å². The van der Waals surface area contributed by atoms with Gasteiger partial charge in [0.2, 0.25) is 0 Å². The molecule has 0 aliphatic rings. The molecular formula is C12H7N5OS. The van der Waals surface area contributed by atoms with Crippen LogP contribution in [0.4, 0.5) is 0 Å². The highest BCUT2D eigenvalue weighted by atomic mass is 32.1. The van der Waals surface area contributed by atoms with E-state index in [-0.39, 0.29) is 4.84 Å². The summed E-state index contributed by atoms with van der Waals surface area (Å²) in [5.74, 6) is 0.345. The zero-order valence-corrected chi connectivity index (χ0v) is 10.4. The minimum Gasteiger partial charge on any atom is -0.408 e. The van der Waals surface area contributed by atoms with Crippen LogP contribution < -0.4 is 0 Å². The van der Waals surface area contributed by atoms with Gasteiger partial charge in [-0.15, -0.1) is 5.10 Å². The average molecular weight is 269 g/mol. The second-order valence-electron chi connectivity index (χ2n) is 3.74. The Hall–Kier alpha value is -2.72. The lowest BCUT2D eigenvalue weighted by atomic mass is 10.2. The van der Waals surface area contributed by atoms with E-state index in [4.69, 9.17) is 21.9 Å². The number of H-pyrrole nitrogens is 1. The monoisotopic (exact) mass is 269 g/mol. The van der Waals surface area contributed by atoms with Crippen molar-refractivity contribution in [2.75, 3.05) is 0 Å². The van der Waals surface area contributed by atoms with Gasteiger partial charge in [0, 0.05) is 11.9 Å². The maximum absolute atomic E-state index is 8.75. The molecule has 1 N–H and O–H groups in total. The lowest BCUT2D eigenvalue weighted by molar-refractivity contribution is 0.550. The summed E-state index contributed by atoms with van der Waals surface area (Å²) in [5.41, 5.74) is 2.09. The molecule has 0 saturated carbocycles. The largest absolute Gasteiger partial charge is 0.408 e. The summed E-state index contributed by atoms with van der Waals surface area (Å²) in [6, 6.07) is 9.24. The van der Waals surface area contributed by atoms with Gasteiger partial charge in [-0.3, -0.25) is 0 Å². The van der Waals surface area contributed by atoms with Crippen LogP contribution in [0.5, 0.6) is 0 Å². The van der Waals surface area contributed by atoms with Crippen LogP contribution in [0.15, 0.2) is 41.2 Å². The Morgan fingerprint density at radius 3 is 2.74 bits per heavy atom. The van der Waals surface area contributed by atoms with E-state index >= 15 is 0 Å². The van der Waals surface area contributed by atoms with Crippen molar-refractivity contribution in [3.63, 3.8) is 0 Å². The van der Waals surface area contributed by atoms with Gasteiger partial charge >= 0.3 is 0 Å². The zero-order chi connectivity index (χ0) is 13.2. The fourth-order valence-electron chi connectivity index (χ4n) is 1.62. The number of rotatable bonds is 2. The van der Waals surface area contributed by atoms with E-state index in [1.54, 1.807) is 24.7 Å². The van der Waals surface area contributed by atoms with Crippen molar-refractivity contribution in [1.29, 1.82) is 5.26 Å². The van der Waals surface area contributed by atoms with Crippen molar-refractivity contribution in [3.05, 3.63) is 47.2 Å². The highest BCUT2D eigenvalue weighted by Gasteiger charge is 2.08. The Labute approximate surface area is 113 Å². The zero-order valence-electron chi connectivity index (χ0n) is 9.57. The van der Waals surface area contributed by atoms with Gasteiger partial charge in [0.15, 0.2) is 0 Å². The third kappa shape index (κ3) is 2.17. The van der Waals surface area contributed by atoms with E-state index in [0.29, 0.717) is 17.1 Å². The minimum atomic E-state index is 0.211. The molecule has 1 aromatic carbocycles. The van der Waals surface area contributed by atoms with Crippen molar-refractivity contribution in [2.24, 2.45) is 0 Å². The van der Waals surface area contributed by atoms with Crippen LogP contribution in [0, 0.1) is 16.2 Å². The van der Waals surface area contributed by atoms with Gasteiger partial charge in [-0.1, -0.05) is 0 Å². The molecule has 0 spiro atoms. The molecule has 0 radical (unpaired) electrons. The molecule has 6 nitrogen and oxygen atoms in total. The molecule has 3 aromatic rings. The molecule has 0 aliphatic heterocycles. The van der Waals surface area contributed by atoms with Crippen LogP contribution in [0.25, 0.3) is 17.3 Å². The highest BCUT2D eigenvalue weighted by Crippen LogP contribution is 2.17. The van der Waals surface area contributed by atoms with Crippen molar-refractivity contribution < 1.29 is 4.42 Å². The predicted octanol–water partition coefficient (Wildman–Crippen LogP) is 2.46. The predicted molar refractivity (Wildman–Crippen MR) is 69.0 cm³/mol. The highest BCUT2D eigenvalue weighted by molar-refractivity contribution is 7.71. The average Bonchev–Trinajstić information content (AvgIpc) is 3.07. The van der Waals surface area contributed by atoms with Gasteiger partial charge in [0.1, 0.15) is 12.0 Å². The van der Waals surface area contributed by atoms with Crippen molar-refractivity contribution in [1.82, 2.24) is 19.7 Å². The number of nitrogens with one attached hydrogen (secondary N) is 1. The molecule has 0 aliphatic carbocycles. The first-order chi connectivity index (χ1) is 9.26. The molecule has 7 heteroatoms. The number of imidazole rings is 1. The molecule has 0 unspecified atom stereocenters. The van der Waals surface area contributed by atoms with Crippen molar-refractivity contribution >= 4 is 12.2 Å². The molecule has 0 amide bonds. The first kappa shape index (κ1) is 11.4. The van der Waals surface area contributed by atoms with E-state index in [1.807, 2.05) is 16.7 Å². The summed E-state index contributed by atoms with van der Waals surface area (Å²) in [4.78, 5) is 4.41. The minimum absolute atomic E-state index is 0.211. The first-order valence-corrected chi connectivity index (χ1v) is 5.77. The second kappa shape index (κ2) is 4.51. The van der Waals surface area contributed by atoms with Gasteiger partial charge in [-0.25, -0.2) is 10.1 Å². The maximum Gasteiger partial charge on any atom is 0.284 e. The first-order valence-electron chi connectivity index (χ1n) is 5.37. The quantitative estimate of drug-likeness (QED) is 0.722. The van der Waals surface area contributed by atoms with Gasteiger partial charge < -0.3 is 8.98 Å². The van der Waals surface area contributed by atoms with Crippen molar-refractivity contribution in [2.45, 2.75) is 0 Å². The number of nitrogens with zero attached hydrogens (tertiary/aromatic N) is 4. The molecule has 2 aromatic heterocycles. The number of nitriles is 1. The van der Waals surface area contributed by atoms with E-state index in [9.17, 15) is 0 Å². The fourth-order valence-corrected chi connectivity index (χ4v) is 1.75. The lowest BCUT2D eigenvalue weighted by Crippen LogP contribution is -1.89. The summed E-state index contributed by atoms with van der Waals surface area (Å²) in [6.07, 6.45) is 3.42. The summed E-state index contributed by atoms with van der Waals surface area (Å²) in [5, 5.41) is 15.2. The Bertz CT molecular complexity index is 806. The third-order valence-electron chi connectivity index (χ3n) is 2.53. The molecule has 0 saturated heterocycles. The Balaban J connectivity index is 1.96. The smallest absolute Gasteiger partial charge is 0.284 e. The van der Waals surface area contributed by atoms with E-state index in [0.717, 1.165) is 5.69 Å². The van der Waals surface area contributed by atoms with Crippen LogP contribution >= 0.6 is 12.2 Å². The van der Waals surface area contributed by atoms with Crippen LogP contribution in [-0.4, -0.2) is 19.7 Å². The lowest BCUT2D eigenvalue weighted by Gasteiger charge is -2.00. The van der Waals surface area contributed by atoms with E-state index in [1.165, 1.54) is 0 Å². The Morgan fingerprint density at radius 1 is 1.32 bits per heavy atom.